The molecule has 2 atom stereocenters. The molecule has 3 N–H and O–H groups in total. The van der Waals surface area contributed by atoms with Gasteiger partial charge >= 0.3 is 0 Å². The smallest absolute Gasteiger partial charge is 0.270 e. The van der Waals surface area contributed by atoms with Crippen LogP contribution in [0.2, 0.25) is 0 Å². The molecule has 2 rings (SSSR count). The summed E-state index contributed by atoms with van der Waals surface area (Å²) in [5.41, 5.74) is 4.90. The first kappa shape index (κ1) is 17.8. The van der Waals surface area contributed by atoms with Crippen LogP contribution in [0.5, 0.6) is 0 Å². The monoisotopic (exact) mass is 337 g/mol. The molecule has 0 radical (unpaired) electrons. The number of anilines is 1. The van der Waals surface area contributed by atoms with Crippen molar-refractivity contribution in [1.82, 2.24) is 0 Å². The van der Waals surface area contributed by atoms with Crippen molar-refractivity contribution in [3.05, 3.63) is 33.9 Å². The largest absolute Gasteiger partial charge is 0.376 e. The Bertz CT molecular complexity index is 642. The highest BCUT2D eigenvalue weighted by Crippen LogP contribution is 2.22. The fourth-order valence-corrected chi connectivity index (χ4v) is 2.30. The third kappa shape index (κ3) is 4.49. The molecular formula is C15H19N3O6. The van der Waals surface area contributed by atoms with Crippen molar-refractivity contribution in [2.24, 2.45) is 5.73 Å². The number of ether oxygens (including phenoxy) is 2. The maximum Gasteiger partial charge on any atom is 0.270 e. The second kappa shape index (κ2) is 7.84. The minimum Gasteiger partial charge on any atom is -0.376 e. The second-order valence-corrected chi connectivity index (χ2v) is 5.45. The Morgan fingerprint density at radius 1 is 1.54 bits per heavy atom. The number of hydrogen-bond acceptors (Lipinski definition) is 6. The summed E-state index contributed by atoms with van der Waals surface area (Å²) in [7, 11) is 0. The average Bonchev–Trinajstić information content (AvgIpc) is 3.05. The third-order valence-electron chi connectivity index (χ3n) is 3.66. The van der Waals surface area contributed by atoms with E-state index >= 15 is 0 Å². The Labute approximate surface area is 138 Å². The summed E-state index contributed by atoms with van der Waals surface area (Å²) < 4.78 is 10.9. The number of nitrogens with one attached hydrogen (secondary N) is 1. The van der Waals surface area contributed by atoms with E-state index in [1.807, 2.05) is 0 Å². The Balaban J connectivity index is 2.01. The van der Waals surface area contributed by atoms with Crippen LogP contribution in [0.1, 0.15) is 30.1 Å². The van der Waals surface area contributed by atoms with Crippen molar-refractivity contribution in [2.75, 3.05) is 18.5 Å². The number of nitrogens with zero attached hydrogens (tertiary/aromatic N) is 1. The molecule has 24 heavy (non-hydrogen) atoms. The van der Waals surface area contributed by atoms with Crippen LogP contribution in [-0.4, -0.2) is 42.2 Å². The van der Waals surface area contributed by atoms with E-state index in [1.54, 1.807) is 6.92 Å². The molecule has 9 nitrogen and oxygen atoms in total. The van der Waals surface area contributed by atoms with Gasteiger partial charge in [-0.2, -0.15) is 0 Å². The van der Waals surface area contributed by atoms with E-state index in [2.05, 4.69) is 5.32 Å². The molecule has 1 heterocycles. The maximum absolute atomic E-state index is 12.1. The first-order valence-electron chi connectivity index (χ1n) is 7.50. The van der Waals surface area contributed by atoms with E-state index in [1.165, 1.54) is 12.1 Å². The molecule has 0 spiro atoms. The van der Waals surface area contributed by atoms with Crippen molar-refractivity contribution < 1.29 is 24.0 Å². The Kier molecular flexibility index (Phi) is 5.83. The van der Waals surface area contributed by atoms with Gasteiger partial charge in [0.15, 0.2) is 0 Å². The van der Waals surface area contributed by atoms with Crippen LogP contribution in [0.25, 0.3) is 0 Å². The molecule has 0 saturated carbocycles. The highest BCUT2D eigenvalue weighted by molar-refractivity contribution is 6.04. The zero-order valence-corrected chi connectivity index (χ0v) is 13.2. The van der Waals surface area contributed by atoms with Gasteiger partial charge in [-0.3, -0.25) is 19.7 Å². The van der Waals surface area contributed by atoms with E-state index in [-0.39, 0.29) is 23.0 Å². The van der Waals surface area contributed by atoms with E-state index in [4.69, 9.17) is 15.2 Å². The SMILES string of the molecule is CC(OCC1CCCO1)C(=O)Nc1ccc([N+](=O)[O-])cc1C(N)=O. The Hall–Kier alpha value is -2.52. The molecule has 1 aliphatic heterocycles. The molecule has 1 aliphatic rings. The topological polar surface area (TPSA) is 134 Å². The number of nitro groups is 1. The summed E-state index contributed by atoms with van der Waals surface area (Å²) in [4.78, 5) is 33.7. The maximum atomic E-state index is 12.1. The fourth-order valence-electron chi connectivity index (χ4n) is 2.30. The Morgan fingerprint density at radius 2 is 2.29 bits per heavy atom. The molecular weight excluding hydrogens is 318 g/mol. The van der Waals surface area contributed by atoms with Gasteiger partial charge in [0.25, 0.3) is 17.5 Å². The summed E-state index contributed by atoms with van der Waals surface area (Å²) in [6, 6.07) is 3.47. The first-order valence-corrected chi connectivity index (χ1v) is 7.50. The first-order chi connectivity index (χ1) is 11.4. The summed E-state index contributed by atoms with van der Waals surface area (Å²) in [6.45, 7) is 2.57. The molecule has 2 unspecified atom stereocenters. The third-order valence-corrected chi connectivity index (χ3v) is 3.66. The second-order valence-electron chi connectivity index (χ2n) is 5.45. The highest BCUT2D eigenvalue weighted by Gasteiger charge is 2.22. The van der Waals surface area contributed by atoms with Crippen LogP contribution in [0.4, 0.5) is 11.4 Å². The van der Waals surface area contributed by atoms with Gasteiger partial charge in [-0.15, -0.1) is 0 Å². The van der Waals surface area contributed by atoms with Gasteiger partial charge in [-0.1, -0.05) is 0 Å². The fraction of sp³-hybridized carbons (Fsp3) is 0.467. The Morgan fingerprint density at radius 3 is 2.88 bits per heavy atom. The van der Waals surface area contributed by atoms with Gasteiger partial charge in [0.1, 0.15) is 6.10 Å². The van der Waals surface area contributed by atoms with Crippen molar-refractivity contribution in [1.29, 1.82) is 0 Å². The quantitative estimate of drug-likeness (QED) is 0.567. The summed E-state index contributed by atoms with van der Waals surface area (Å²) in [5.74, 6) is -1.36. The van der Waals surface area contributed by atoms with Crippen LogP contribution in [0, 0.1) is 10.1 Å². The van der Waals surface area contributed by atoms with Gasteiger partial charge in [-0.05, 0) is 25.8 Å². The van der Waals surface area contributed by atoms with Crippen LogP contribution < -0.4 is 11.1 Å². The lowest BCUT2D eigenvalue weighted by Crippen LogP contribution is -2.31. The summed E-state index contributed by atoms with van der Waals surface area (Å²) in [6.07, 6.45) is 1.08. The van der Waals surface area contributed by atoms with Crippen LogP contribution in [-0.2, 0) is 14.3 Å². The van der Waals surface area contributed by atoms with Gasteiger partial charge < -0.3 is 20.5 Å². The standard InChI is InChI=1S/C15H19N3O6/c1-9(24-8-11-3-2-6-23-11)15(20)17-13-5-4-10(18(21)22)7-12(13)14(16)19/h4-5,7,9,11H,2-3,6,8H2,1H3,(H2,16,19)(H,17,20). The summed E-state index contributed by atoms with van der Waals surface area (Å²) in [5, 5.41) is 13.3. The molecule has 0 bridgehead atoms. The lowest BCUT2D eigenvalue weighted by Gasteiger charge is -2.17. The number of nitro benzene ring substituents is 1. The lowest BCUT2D eigenvalue weighted by molar-refractivity contribution is -0.384. The number of carbonyl (C=O) groups is 2. The van der Waals surface area contributed by atoms with Crippen molar-refractivity contribution >= 4 is 23.2 Å². The molecule has 1 aromatic carbocycles. The number of amides is 2. The minimum absolute atomic E-state index is 0.0131. The average molecular weight is 337 g/mol. The predicted octanol–water partition coefficient (Wildman–Crippen LogP) is 1.22. The van der Waals surface area contributed by atoms with Gasteiger partial charge in [0, 0.05) is 18.7 Å². The van der Waals surface area contributed by atoms with Crippen LogP contribution in [0.15, 0.2) is 18.2 Å². The molecule has 1 saturated heterocycles. The van der Waals surface area contributed by atoms with Gasteiger partial charge in [0.05, 0.1) is 28.9 Å². The number of benzene rings is 1. The van der Waals surface area contributed by atoms with E-state index in [0.717, 1.165) is 18.9 Å². The number of hydrogen-bond donors (Lipinski definition) is 2. The zero-order chi connectivity index (χ0) is 17.7. The van der Waals surface area contributed by atoms with E-state index in [0.29, 0.717) is 13.2 Å². The van der Waals surface area contributed by atoms with Crippen molar-refractivity contribution in [3.8, 4) is 0 Å². The molecule has 130 valence electrons. The zero-order valence-electron chi connectivity index (χ0n) is 13.2. The molecule has 1 aromatic rings. The number of nitrogens with two attached hydrogens (primary N) is 1. The molecule has 9 heteroatoms. The number of non-ortho nitro benzene ring substituents is 1. The minimum atomic E-state index is -0.873. The van der Waals surface area contributed by atoms with Gasteiger partial charge in [-0.25, -0.2) is 0 Å². The van der Waals surface area contributed by atoms with Crippen LogP contribution >= 0.6 is 0 Å². The highest BCUT2D eigenvalue weighted by atomic mass is 16.6. The molecule has 2 amide bonds. The van der Waals surface area contributed by atoms with Gasteiger partial charge in [0.2, 0.25) is 0 Å². The summed E-state index contributed by atoms with van der Waals surface area (Å²) >= 11 is 0. The van der Waals surface area contributed by atoms with Crippen LogP contribution in [0.3, 0.4) is 0 Å². The van der Waals surface area contributed by atoms with Crippen molar-refractivity contribution in [2.45, 2.75) is 32.0 Å². The normalized spacial score (nSPS) is 18.1. The predicted molar refractivity (Wildman–Crippen MR) is 84.6 cm³/mol. The number of carbonyl (C=O) groups excluding carboxylic acids is 2. The van der Waals surface area contributed by atoms with E-state index in [9.17, 15) is 19.7 Å². The van der Waals surface area contributed by atoms with E-state index < -0.39 is 22.8 Å². The molecule has 0 aromatic heterocycles. The lowest BCUT2D eigenvalue weighted by atomic mass is 10.1. The molecule has 1 fully saturated rings. The van der Waals surface area contributed by atoms with Crippen molar-refractivity contribution in [3.63, 3.8) is 0 Å². The number of rotatable bonds is 7. The number of primary amides is 1. The molecule has 0 aliphatic carbocycles.